The summed E-state index contributed by atoms with van der Waals surface area (Å²) in [5, 5.41) is 11.4. The second-order valence-corrected chi connectivity index (χ2v) is 8.16. The highest BCUT2D eigenvalue weighted by atomic mass is 16.3. The van der Waals surface area contributed by atoms with Crippen molar-refractivity contribution < 1.29 is 5.11 Å². The molecule has 4 rings (SSSR count). The Labute approximate surface area is 146 Å². The molecule has 0 atom stereocenters. The summed E-state index contributed by atoms with van der Waals surface area (Å²) in [6, 6.07) is 8.91. The highest BCUT2D eigenvalue weighted by Gasteiger charge is 2.52. The van der Waals surface area contributed by atoms with E-state index in [1.807, 2.05) is 0 Å². The summed E-state index contributed by atoms with van der Waals surface area (Å²) in [6.07, 6.45) is 21.2. The topological polar surface area (TPSA) is 20.2 Å². The van der Waals surface area contributed by atoms with E-state index in [-0.39, 0.29) is 5.41 Å². The SMILES string of the molecule is OC1(C2(c3ccccc3CC3CCCCC3)C=CCC=C2)CCC1. The van der Waals surface area contributed by atoms with Crippen molar-refractivity contribution >= 4 is 0 Å². The first kappa shape index (κ1) is 16.1. The number of hydrogen-bond acceptors (Lipinski definition) is 1. The van der Waals surface area contributed by atoms with Crippen LogP contribution in [0.3, 0.4) is 0 Å². The van der Waals surface area contributed by atoms with E-state index in [1.54, 1.807) is 0 Å². The molecule has 0 aliphatic heterocycles. The Morgan fingerprint density at radius 1 is 0.917 bits per heavy atom. The lowest BCUT2D eigenvalue weighted by atomic mass is 9.56. The van der Waals surface area contributed by atoms with E-state index in [0.29, 0.717) is 0 Å². The first-order chi connectivity index (χ1) is 11.7. The molecule has 1 aromatic rings. The van der Waals surface area contributed by atoms with Crippen LogP contribution in [0.15, 0.2) is 48.6 Å². The Kier molecular flexibility index (Phi) is 4.39. The van der Waals surface area contributed by atoms with Crippen LogP contribution in [0.4, 0.5) is 0 Å². The molecule has 1 aromatic carbocycles. The summed E-state index contributed by atoms with van der Waals surface area (Å²) in [5.41, 5.74) is 1.91. The molecule has 0 heterocycles. The Hall–Kier alpha value is -1.34. The molecule has 2 fully saturated rings. The summed E-state index contributed by atoms with van der Waals surface area (Å²) in [4.78, 5) is 0. The molecule has 0 unspecified atom stereocenters. The van der Waals surface area contributed by atoms with Gasteiger partial charge in [-0.1, -0.05) is 80.7 Å². The molecule has 0 amide bonds. The monoisotopic (exact) mass is 322 g/mol. The van der Waals surface area contributed by atoms with Gasteiger partial charge in [0, 0.05) is 0 Å². The molecule has 1 N–H and O–H groups in total. The smallest absolute Gasteiger partial charge is 0.0813 e. The van der Waals surface area contributed by atoms with Crippen molar-refractivity contribution in [1.29, 1.82) is 0 Å². The zero-order valence-corrected chi connectivity index (χ0v) is 14.7. The second-order valence-electron chi connectivity index (χ2n) is 8.16. The lowest BCUT2D eigenvalue weighted by Gasteiger charge is -2.51. The zero-order chi connectivity index (χ0) is 16.5. The van der Waals surface area contributed by atoms with Crippen LogP contribution >= 0.6 is 0 Å². The summed E-state index contributed by atoms with van der Waals surface area (Å²) in [6.45, 7) is 0. The van der Waals surface area contributed by atoms with Gasteiger partial charge in [-0.15, -0.1) is 0 Å². The Morgan fingerprint density at radius 3 is 2.29 bits per heavy atom. The number of aliphatic hydroxyl groups is 1. The molecule has 1 heteroatoms. The van der Waals surface area contributed by atoms with Crippen LogP contribution in [0.1, 0.15) is 68.9 Å². The average molecular weight is 322 g/mol. The summed E-state index contributed by atoms with van der Waals surface area (Å²) in [7, 11) is 0. The molecule has 1 nitrogen and oxygen atoms in total. The molecule has 128 valence electrons. The standard InChI is InChI=1S/C23H30O/c24-23(16-9-17-23)22(14-7-2-8-15-22)21-13-6-5-12-20(21)18-19-10-3-1-4-11-19/h5-8,12-15,19,24H,1-4,9-11,16-18H2. The highest BCUT2D eigenvalue weighted by molar-refractivity contribution is 5.48. The van der Waals surface area contributed by atoms with Crippen molar-refractivity contribution in [3.05, 3.63) is 59.7 Å². The maximum atomic E-state index is 11.4. The van der Waals surface area contributed by atoms with Crippen molar-refractivity contribution in [3.8, 4) is 0 Å². The maximum Gasteiger partial charge on any atom is 0.0813 e. The van der Waals surface area contributed by atoms with Crippen molar-refractivity contribution in [1.82, 2.24) is 0 Å². The van der Waals surface area contributed by atoms with Crippen LogP contribution < -0.4 is 0 Å². The van der Waals surface area contributed by atoms with Crippen molar-refractivity contribution in [2.24, 2.45) is 5.92 Å². The average Bonchev–Trinajstić information content (AvgIpc) is 2.61. The van der Waals surface area contributed by atoms with Gasteiger partial charge in [0.25, 0.3) is 0 Å². The molecule has 3 aliphatic rings. The van der Waals surface area contributed by atoms with E-state index in [1.165, 1.54) is 49.7 Å². The van der Waals surface area contributed by atoms with Gasteiger partial charge >= 0.3 is 0 Å². The van der Waals surface area contributed by atoms with Gasteiger partial charge in [0.15, 0.2) is 0 Å². The van der Waals surface area contributed by atoms with Crippen LogP contribution in [0.2, 0.25) is 0 Å². The largest absolute Gasteiger partial charge is 0.388 e. The van der Waals surface area contributed by atoms with Gasteiger partial charge in [-0.25, -0.2) is 0 Å². The minimum Gasteiger partial charge on any atom is -0.388 e. The van der Waals surface area contributed by atoms with Gasteiger partial charge in [-0.2, -0.15) is 0 Å². The van der Waals surface area contributed by atoms with Crippen molar-refractivity contribution in [2.45, 2.75) is 75.2 Å². The van der Waals surface area contributed by atoms with E-state index in [4.69, 9.17) is 0 Å². The summed E-state index contributed by atoms with van der Waals surface area (Å²) in [5.74, 6) is 0.824. The second kappa shape index (κ2) is 6.52. The van der Waals surface area contributed by atoms with Crippen LogP contribution in [0.25, 0.3) is 0 Å². The van der Waals surface area contributed by atoms with Crippen LogP contribution in [0, 0.1) is 5.92 Å². The van der Waals surface area contributed by atoms with Crippen molar-refractivity contribution in [3.63, 3.8) is 0 Å². The highest BCUT2D eigenvalue weighted by Crippen LogP contribution is 2.52. The van der Waals surface area contributed by atoms with E-state index >= 15 is 0 Å². The Morgan fingerprint density at radius 2 is 1.62 bits per heavy atom. The van der Waals surface area contributed by atoms with Crippen LogP contribution in [-0.4, -0.2) is 10.7 Å². The molecule has 0 saturated heterocycles. The predicted molar refractivity (Wildman–Crippen MR) is 100 cm³/mol. The van der Waals surface area contributed by atoms with Crippen molar-refractivity contribution in [2.75, 3.05) is 0 Å². The molecular weight excluding hydrogens is 292 g/mol. The molecule has 0 bridgehead atoms. The molecule has 0 spiro atoms. The molecule has 3 aliphatic carbocycles. The minimum atomic E-state index is -0.594. The zero-order valence-electron chi connectivity index (χ0n) is 14.7. The third-order valence-corrected chi connectivity index (χ3v) is 6.68. The summed E-state index contributed by atoms with van der Waals surface area (Å²) < 4.78 is 0. The fourth-order valence-corrected chi connectivity index (χ4v) is 5.11. The molecule has 0 radical (unpaired) electrons. The van der Waals surface area contributed by atoms with Gasteiger partial charge in [-0.05, 0) is 49.1 Å². The third-order valence-electron chi connectivity index (χ3n) is 6.68. The number of benzene rings is 1. The van der Waals surface area contributed by atoms with Gasteiger partial charge in [0.05, 0.1) is 11.0 Å². The Bertz CT molecular complexity index is 617. The van der Waals surface area contributed by atoms with Gasteiger partial charge < -0.3 is 5.11 Å². The predicted octanol–water partition coefficient (Wildman–Crippen LogP) is 5.48. The quantitative estimate of drug-likeness (QED) is 0.728. The van der Waals surface area contributed by atoms with E-state index in [2.05, 4.69) is 48.6 Å². The Balaban J connectivity index is 1.72. The fourth-order valence-electron chi connectivity index (χ4n) is 5.11. The van der Waals surface area contributed by atoms with E-state index in [0.717, 1.165) is 31.6 Å². The minimum absolute atomic E-state index is 0.311. The maximum absolute atomic E-state index is 11.4. The number of rotatable bonds is 4. The van der Waals surface area contributed by atoms with Gasteiger partial charge in [0.1, 0.15) is 0 Å². The number of allylic oxidation sites excluding steroid dienone is 2. The molecular formula is C23H30O. The first-order valence-corrected chi connectivity index (χ1v) is 9.90. The normalized spacial score (nSPS) is 25.4. The first-order valence-electron chi connectivity index (χ1n) is 9.90. The third kappa shape index (κ3) is 2.67. The molecule has 0 aromatic heterocycles. The van der Waals surface area contributed by atoms with E-state index in [9.17, 15) is 5.11 Å². The van der Waals surface area contributed by atoms with Crippen LogP contribution in [0.5, 0.6) is 0 Å². The van der Waals surface area contributed by atoms with E-state index < -0.39 is 5.60 Å². The lowest BCUT2D eigenvalue weighted by molar-refractivity contribution is -0.0705. The molecule has 2 saturated carbocycles. The van der Waals surface area contributed by atoms with Gasteiger partial charge in [0.2, 0.25) is 0 Å². The molecule has 24 heavy (non-hydrogen) atoms. The number of hydrogen-bond donors (Lipinski definition) is 1. The lowest BCUT2D eigenvalue weighted by Crippen LogP contribution is -2.55. The van der Waals surface area contributed by atoms with Crippen LogP contribution in [-0.2, 0) is 11.8 Å². The fraction of sp³-hybridized carbons (Fsp3) is 0.565. The van der Waals surface area contributed by atoms with Gasteiger partial charge in [-0.3, -0.25) is 0 Å². The summed E-state index contributed by atoms with van der Waals surface area (Å²) >= 11 is 0.